The van der Waals surface area contributed by atoms with E-state index in [0.717, 1.165) is 25.7 Å². The predicted molar refractivity (Wildman–Crippen MR) is 276 cm³/mol. The van der Waals surface area contributed by atoms with Gasteiger partial charge in [0.2, 0.25) is 0 Å². The Labute approximate surface area is 370 Å². The minimum absolute atomic E-state index is 1.12. The summed E-state index contributed by atoms with van der Waals surface area (Å²) in [6, 6.07) is 57.0. The van der Waals surface area contributed by atoms with E-state index in [1.807, 2.05) is 0 Å². The smallest absolute Gasteiger partial charge is 0.0775 e. The van der Waals surface area contributed by atoms with Crippen LogP contribution in [0, 0.1) is 0 Å². The molecule has 308 valence electrons. The molecule has 2 nitrogen and oxygen atoms in total. The maximum Gasteiger partial charge on any atom is 0.0775 e. The average molecular weight is 839 g/mol. The van der Waals surface area contributed by atoms with Gasteiger partial charge >= 0.3 is 0 Å². The zero-order valence-corrected chi connectivity index (χ0v) is 39.4. The standard InChI is InChI=1S/C58H58N2Si2/c1-61(2,3)43-31-27-41(28-32-43)59(53-25-11-17-39-15-7-9-19-45(39)53)55-37-35-49-50-36-38-56(52-24-14-22-48(58(50)52)47-21-13-23-51(55)57(47)49)60(42-29-33-44(34-30-42)62(4,5)6)54-26-12-18-40-16-8-10-20-46(40)54/h11-14,17-18,21-38H,7-10,15-16,19-20H2,1-6H3. The van der Waals surface area contributed by atoms with Crippen molar-refractivity contribution in [1.29, 1.82) is 0 Å². The summed E-state index contributed by atoms with van der Waals surface area (Å²) in [4.78, 5) is 5.18. The van der Waals surface area contributed by atoms with Crippen LogP contribution in [0.5, 0.6) is 0 Å². The Morgan fingerprint density at radius 2 is 0.677 bits per heavy atom. The Hall–Kier alpha value is -5.69. The molecule has 0 aliphatic heterocycles. The van der Waals surface area contributed by atoms with Crippen molar-refractivity contribution in [2.24, 2.45) is 0 Å². The van der Waals surface area contributed by atoms with Gasteiger partial charge in [-0.15, -0.1) is 0 Å². The third-order valence-electron chi connectivity index (χ3n) is 14.3. The molecule has 0 heterocycles. The zero-order chi connectivity index (χ0) is 42.3. The Morgan fingerprint density at radius 1 is 0.323 bits per heavy atom. The molecular weight excluding hydrogens is 781 g/mol. The van der Waals surface area contributed by atoms with Crippen molar-refractivity contribution in [3.05, 3.63) is 168 Å². The molecule has 0 unspecified atom stereocenters. The van der Waals surface area contributed by atoms with Crippen molar-refractivity contribution >= 4 is 104 Å². The molecule has 0 bridgehead atoms. The fraction of sp³-hybridized carbons (Fsp3) is 0.241. The van der Waals surface area contributed by atoms with Gasteiger partial charge in [-0.1, -0.05) is 147 Å². The van der Waals surface area contributed by atoms with Gasteiger partial charge in [0.15, 0.2) is 0 Å². The minimum atomic E-state index is -1.47. The van der Waals surface area contributed by atoms with Crippen molar-refractivity contribution in [2.45, 2.75) is 90.6 Å². The van der Waals surface area contributed by atoms with E-state index in [1.165, 1.54) is 136 Å². The van der Waals surface area contributed by atoms with Crippen LogP contribution in [0.3, 0.4) is 0 Å². The van der Waals surface area contributed by atoms with Crippen molar-refractivity contribution in [1.82, 2.24) is 0 Å². The highest BCUT2D eigenvalue weighted by Crippen LogP contribution is 2.50. The van der Waals surface area contributed by atoms with Gasteiger partial charge in [0.05, 0.1) is 27.5 Å². The van der Waals surface area contributed by atoms with Crippen molar-refractivity contribution in [3.8, 4) is 0 Å². The number of rotatable bonds is 8. The lowest BCUT2D eigenvalue weighted by atomic mass is 9.87. The molecular formula is C58H58N2Si2. The van der Waals surface area contributed by atoms with E-state index in [4.69, 9.17) is 0 Å². The van der Waals surface area contributed by atoms with Gasteiger partial charge in [0.25, 0.3) is 0 Å². The number of nitrogens with zero attached hydrogens (tertiary/aromatic N) is 2. The third kappa shape index (κ3) is 6.48. The number of hydrogen-bond acceptors (Lipinski definition) is 2. The molecule has 4 heteroatoms. The van der Waals surface area contributed by atoms with Crippen molar-refractivity contribution < 1.29 is 0 Å². The average Bonchev–Trinajstić information content (AvgIpc) is 3.29. The largest absolute Gasteiger partial charge is 0.310 e. The van der Waals surface area contributed by atoms with E-state index >= 15 is 0 Å². The molecule has 2 aliphatic carbocycles. The maximum absolute atomic E-state index is 2.59. The molecule has 0 saturated carbocycles. The number of benzene rings is 9. The topological polar surface area (TPSA) is 6.48 Å². The van der Waals surface area contributed by atoms with Crippen LogP contribution >= 0.6 is 0 Å². The molecule has 9 aromatic rings. The number of aryl methyl sites for hydroxylation is 2. The Morgan fingerprint density at radius 3 is 1.08 bits per heavy atom. The van der Waals surface area contributed by atoms with Gasteiger partial charge in [0.1, 0.15) is 0 Å². The third-order valence-corrected chi connectivity index (χ3v) is 18.4. The van der Waals surface area contributed by atoms with Crippen LogP contribution in [-0.4, -0.2) is 16.1 Å². The number of hydrogen-bond donors (Lipinski definition) is 0. The summed E-state index contributed by atoms with van der Waals surface area (Å²) in [5.74, 6) is 0. The first-order valence-corrected chi connectivity index (χ1v) is 30.2. The fourth-order valence-electron chi connectivity index (χ4n) is 11.0. The molecule has 62 heavy (non-hydrogen) atoms. The lowest BCUT2D eigenvalue weighted by Gasteiger charge is -2.33. The SMILES string of the molecule is C[Si](C)(C)c1ccc(N(c2cccc3c2CCCC3)c2ccc3c4ccc(N(c5ccc([Si](C)(C)C)cc5)c5cccc6c5CCCC6)c5cccc(c6cccc2c63)c54)cc1. The lowest BCUT2D eigenvalue weighted by Crippen LogP contribution is -2.37. The molecule has 0 fully saturated rings. The van der Waals surface area contributed by atoms with Crippen molar-refractivity contribution in [3.63, 3.8) is 0 Å². The first kappa shape index (κ1) is 39.2. The van der Waals surface area contributed by atoms with Crippen LogP contribution < -0.4 is 20.2 Å². The molecule has 0 N–H and O–H groups in total. The van der Waals surface area contributed by atoms with Crippen LogP contribution in [0.25, 0.3) is 43.1 Å². The first-order valence-electron chi connectivity index (χ1n) is 23.2. The second kappa shape index (κ2) is 15.0. The van der Waals surface area contributed by atoms with Crippen LogP contribution in [0.2, 0.25) is 39.3 Å². The van der Waals surface area contributed by atoms with Crippen LogP contribution in [0.4, 0.5) is 34.1 Å². The molecule has 11 rings (SSSR count). The van der Waals surface area contributed by atoms with Gasteiger partial charge in [-0.2, -0.15) is 0 Å². The van der Waals surface area contributed by atoms with Gasteiger partial charge in [0, 0.05) is 33.5 Å². The fourth-order valence-corrected chi connectivity index (χ4v) is 13.4. The van der Waals surface area contributed by atoms with Crippen LogP contribution in [-0.2, 0) is 25.7 Å². The first-order chi connectivity index (χ1) is 30.0. The van der Waals surface area contributed by atoms with Crippen LogP contribution in [0.1, 0.15) is 47.9 Å². The summed E-state index contributed by atoms with van der Waals surface area (Å²) in [6.07, 6.45) is 9.59. The zero-order valence-electron chi connectivity index (χ0n) is 37.4. The van der Waals surface area contributed by atoms with E-state index in [1.54, 1.807) is 0 Å². The molecule has 0 aromatic heterocycles. The summed E-state index contributed by atoms with van der Waals surface area (Å²) < 4.78 is 0. The summed E-state index contributed by atoms with van der Waals surface area (Å²) in [6.45, 7) is 14.7. The van der Waals surface area contributed by atoms with E-state index < -0.39 is 16.1 Å². The quantitative estimate of drug-likeness (QED) is 0.0854. The van der Waals surface area contributed by atoms with E-state index in [0.29, 0.717) is 0 Å². The molecule has 0 spiro atoms. The summed E-state index contributed by atoms with van der Waals surface area (Å²) in [5, 5.41) is 13.6. The molecule has 2 aliphatic rings. The Balaban J connectivity index is 1.15. The highest BCUT2D eigenvalue weighted by molar-refractivity contribution is 6.89. The van der Waals surface area contributed by atoms with Gasteiger partial charge in [-0.3, -0.25) is 0 Å². The minimum Gasteiger partial charge on any atom is -0.310 e. The van der Waals surface area contributed by atoms with E-state index in [2.05, 4.69) is 195 Å². The maximum atomic E-state index is 2.59. The van der Waals surface area contributed by atoms with Crippen molar-refractivity contribution in [2.75, 3.05) is 9.80 Å². The van der Waals surface area contributed by atoms with E-state index in [-0.39, 0.29) is 0 Å². The predicted octanol–water partition coefficient (Wildman–Crippen LogP) is 15.5. The molecule has 0 radical (unpaired) electrons. The summed E-state index contributed by atoms with van der Waals surface area (Å²) in [7, 11) is -2.94. The highest BCUT2D eigenvalue weighted by atomic mass is 28.3. The molecule has 9 aromatic carbocycles. The molecule has 0 atom stereocenters. The van der Waals surface area contributed by atoms with Gasteiger partial charge in [-0.05, 0) is 154 Å². The lowest BCUT2D eigenvalue weighted by molar-refractivity contribution is 0.686. The highest BCUT2D eigenvalue weighted by Gasteiger charge is 2.27. The molecule has 0 saturated heterocycles. The molecule has 0 amide bonds. The number of fused-ring (bicyclic) bond motifs is 4. The van der Waals surface area contributed by atoms with Crippen LogP contribution in [0.15, 0.2) is 146 Å². The summed E-state index contributed by atoms with van der Waals surface area (Å²) >= 11 is 0. The van der Waals surface area contributed by atoms with E-state index in [9.17, 15) is 0 Å². The number of anilines is 6. The van der Waals surface area contributed by atoms with Gasteiger partial charge in [-0.25, -0.2) is 0 Å². The van der Waals surface area contributed by atoms with Gasteiger partial charge < -0.3 is 9.80 Å². The monoisotopic (exact) mass is 838 g/mol. The Kier molecular flexibility index (Phi) is 9.48. The second-order valence-electron chi connectivity index (χ2n) is 20.2. The second-order valence-corrected chi connectivity index (χ2v) is 30.4. The normalized spacial score (nSPS) is 14.4. The Bertz CT molecular complexity index is 2920. The summed E-state index contributed by atoms with van der Waals surface area (Å²) in [5.41, 5.74) is 13.7.